The maximum Gasteiger partial charge on any atom is 0.316 e. The Balaban J connectivity index is 1.59. The largest absolute Gasteiger partial charge is 0.495 e. The molecule has 30 heavy (non-hydrogen) atoms. The van der Waals surface area contributed by atoms with Crippen molar-refractivity contribution in [2.45, 2.75) is 24.7 Å². The van der Waals surface area contributed by atoms with Crippen molar-refractivity contribution >= 4 is 33.0 Å². The second-order valence-corrected chi connectivity index (χ2v) is 9.67. The number of hydrogen-bond donors (Lipinski definition) is 1. The zero-order chi connectivity index (χ0) is 21.3. The van der Waals surface area contributed by atoms with Crippen molar-refractivity contribution < 1.29 is 22.5 Å². The van der Waals surface area contributed by atoms with Crippen LogP contribution < -0.4 is 9.46 Å². The van der Waals surface area contributed by atoms with Crippen LogP contribution in [0.4, 0.5) is 5.69 Å². The number of likely N-dealkylation sites (tertiary alicyclic amines) is 1. The number of methoxy groups -OCH3 is 1. The molecule has 4 rings (SSSR count). The maximum atomic E-state index is 12.9. The summed E-state index contributed by atoms with van der Waals surface area (Å²) in [7, 11) is -2.40. The highest BCUT2D eigenvalue weighted by atomic mass is 32.2. The van der Waals surface area contributed by atoms with E-state index in [1.54, 1.807) is 36.1 Å². The molecule has 3 heterocycles. The molecule has 0 aliphatic carbocycles. The number of carbonyl (C=O) groups excluding carboxylic acids is 1. The Labute approximate surface area is 177 Å². The third-order valence-corrected chi connectivity index (χ3v) is 7.40. The van der Waals surface area contributed by atoms with Gasteiger partial charge in [-0.3, -0.25) is 9.52 Å². The van der Waals surface area contributed by atoms with E-state index < -0.39 is 10.0 Å². The summed E-state index contributed by atoms with van der Waals surface area (Å²) in [5, 5.41) is 3.87. The van der Waals surface area contributed by atoms with Gasteiger partial charge in [0, 0.05) is 18.0 Å². The van der Waals surface area contributed by atoms with E-state index in [1.807, 2.05) is 0 Å². The number of hydrogen-bond acceptors (Lipinski definition) is 8. The van der Waals surface area contributed by atoms with Crippen LogP contribution in [-0.2, 0) is 10.0 Å². The van der Waals surface area contributed by atoms with Crippen molar-refractivity contribution in [3.8, 4) is 16.5 Å². The molecule has 1 amide bonds. The number of anilines is 1. The first-order chi connectivity index (χ1) is 14.4. The number of nitrogens with zero attached hydrogens (tertiary/aromatic N) is 3. The SMILES string of the molecule is COc1ccccc1NS(=O)(=O)c1cc(-c2noc(C(=O)N3CCCC3)n2)sc1C. The summed E-state index contributed by atoms with van der Waals surface area (Å²) in [4.78, 5) is 19.4. The van der Waals surface area contributed by atoms with Crippen molar-refractivity contribution in [1.82, 2.24) is 15.0 Å². The normalized spacial score (nSPS) is 14.1. The van der Waals surface area contributed by atoms with Gasteiger partial charge in [-0.1, -0.05) is 17.3 Å². The smallest absolute Gasteiger partial charge is 0.316 e. The minimum Gasteiger partial charge on any atom is -0.495 e. The molecule has 1 saturated heterocycles. The molecule has 3 aromatic rings. The lowest BCUT2D eigenvalue weighted by Gasteiger charge is -2.11. The van der Waals surface area contributed by atoms with Crippen molar-refractivity contribution in [2.24, 2.45) is 0 Å². The van der Waals surface area contributed by atoms with Crippen LogP contribution in [0, 0.1) is 6.92 Å². The van der Waals surface area contributed by atoms with Crippen molar-refractivity contribution in [1.29, 1.82) is 0 Å². The Kier molecular flexibility index (Phi) is 5.48. The monoisotopic (exact) mass is 448 g/mol. The first-order valence-corrected chi connectivity index (χ1v) is 11.6. The van der Waals surface area contributed by atoms with Crippen molar-refractivity contribution in [3.63, 3.8) is 0 Å². The molecular weight excluding hydrogens is 428 g/mol. The third-order valence-electron chi connectivity index (χ3n) is 4.74. The number of nitrogens with one attached hydrogen (secondary N) is 1. The van der Waals surface area contributed by atoms with Crippen LogP contribution in [0.1, 0.15) is 28.4 Å². The molecule has 0 radical (unpaired) electrons. The summed E-state index contributed by atoms with van der Waals surface area (Å²) in [6.07, 6.45) is 1.91. The summed E-state index contributed by atoms with van der Waals surface area (Å²) in [5.41, 5.74) is 0.338. The second-order valence-electron chi connectivity index (χ2n) is 6.76. The molecule has 0 unspecified atom stereocenters. The van der Waals surface area contributed by atoms with Crippen molar-refractivity contribution in [2.75, 3.05) is 24.9 Å². The Morgan fingerprint density at radius 1 is 1.27 bits per heavy atom. The third kappa shape index (κ3) is 3.90. The number of sulfonamides is 1. The fourth-order valence-corrected chi connectivity index (χ4v) is 5.83. The Morgan fingerprint density at radius 2 is 2.00 bits per heavy atom. The minimum atomic E-state index is -3.87. The summed E-state index contributed by atoms with van der Waals surface area (Å²) >= 11 is 1.21. The first-order valence-electron chi connectivity index (χ1n) is 9.28. The highest BCUT2D eigenvalue weighted by Crippen LogP contribution is 2.34. The fourth-order valence-electron chi connectivity index (χ4n) is 3.24. The van der Waals surface area contributed by atoms with E-state index in [-0.39, 0.29) is 22.5 Å². The Hall–Kier alpha value is -2.92. The maximum absolute atomic E-state index is 12.9. The molecule has 158 valence electrons. The lowest BCUT2D eigenvalue weighted by atomic mass is 10.3. The van der Waals surface area contributed by atoms with Crippen LogP contribution in [-0.4, -0.2) is 49.6 Å². The van der Waals surface area contributed by atoms with Gasteiger partial charge in [-0.25, -0.2) is 8.42 Å². The zero-order valence-electron chi connectivity index (χ0n) is 16.4. The number of benzene rings is 1. The van der Waals surface area contributed by atoms with Gasteiger partial charge in [0.2, 0.25) is 5.82 Å². The van der Waals surface area contributed by atoms with Crippen LogP contribution in [0.15, 0.2) is 39.8 Å². The van der Waals surface area contributed by atoms with Crippen molar-refractivity contribution in [3.05, 3.63) is 41.1 Å². The minimum absolute atomic E-state index is 0.0884. The number of ether oxygens (including phenoxy) is 1. The van der Waals surface area contributed by atoms with E-state index in [4.69, 9.17) is 9.26 Å². The summed E-state index contributed by atoms with van der Waals surface area (Å²) < 4.78 is 38.8. The number of para-hydroxylation sites is 2. The Bertz CT molecular complexity index is 1180. The molecule has 0 spiro atoms. The van der Waals surface area contributed by atoms with Gasteiger partial charge in [0.25, 0.3) is 10.0 Å². The first kappa shape index (κ1) is 20.4. The van der Waals surface area contributed by atoms with Gasteiger partial charge in [-0.2, -0.15) is 4.98 Å². The molecule has 0 saturated carbocycles. The van der Waals surface area contributed by atoms with Gasteiger partial charge < -0.3 is 14.2 Å². The molecule has 1 aromatic carbocycles. The van der Waals surface area contributed by atoms with Gasteiger partial charge in [0.1, 0.15) is 10.6 Å². The molecule has 11 heteroatoms. The zero-order valence-corrected chi connectivity index (χ0v) is 18.0. The van der Waals surface area contributed by atoms with Gasteiger partial charge in [0.15, 0.2) is 0 Å². The van der Waals surface area contributed by atoms with Crippen LogP contribution in [0.5, 0.6) is 5.75 Å². The average Bonchev–Trinajstić information content (AvgIpc) is 3.48. The fraction of sp³-hybridized carbons (Fsp3) is 0.316. The molecule has 9 nitrogen and oxygen atoms in total. The van der Waals surface area contributed by atoms with E-state index in [9.17, 15) is 13.2 Å². The van der Waals surface area contributed by atoms with Crippen LogP contribution in [0.25, 0.3) is 10.7 Å². The lowest BCUT2D eigenvalue weighted by molar-refractivity contribution is 0.0743. The number of aryl methyl sites for hydroxylation is 1. The van der Waals surface area contributed by atoms with Gasteiger partial charge >= 0.3 is 11.8 Å². The second kappa shape index (κ2) is 8.07. The van der Waals surface area contributed by atoms with Gasteiger partial charge in [-0.05, 0) is 38.0 Å². The predicted molar refractivity (Wildman–Crippen MR) is 111 cm³/mol. The van der Waals surface area contributed by atoms with Crippen LogP contribution >= 0.6 is 11.3 Å². The number of rotatable bonds is 6. The molecule has 1 N–H and O–H groups in total. The predicted octanol–water partition coefficient (Wildman–Crippen LogP) is 3.15. The van der Waals surface area contributed by atoms with Crippen LogP contribution in [0.2, 0.25) is 0 Å². The topological polar surface area (TPSA) is 115 Å². The molecule has 1 aliphatic heterocycles. The van der Waals surface area contributed by atoms with E-state index in [1.165, 1.54) is 24.5 Å². The van der Waals surface area contributed by atoms with E-state index in [0.717, 1.165) is 12.8 Å². The van der Waals surface area contributed by atoms with Gasteiger partial charge in [-0.15, -0.1) is 11.3 Å². The van der Waals surface area contributed by atoms with E-state index >= 15 is 0 Å². The van der Waals surface area contributed by atoms with E-state index in [0.29, 0.717) is 34.3 Å². The highest BCUT2D eigenvalue weighted by molar-refractivity contribution is 7.93. The molecule has 1 aliphatic rings. The highest BCUT2D eigenvalue weighted by Gasteiger charge is 2.27. The summed E-state index contributed by atoms with van der Waals surface area (Å²) in [6.45, 7) is 3.04. The lowest BCUT2D eigenvalue weighted by Crippen LogP contribution is -2.27. The number of amides is 1. The summed E-state index contributed by atoms with van der Waals surface area (Å²) in [5.74, 6) is 0.210. The Morgan fingerprint density at radius 3 is 2.73 bits per heavy atom. The number of aromatic nitrogens is 2. The molecule has 0 atom stereocenters. The summed E-state index contributed by atoms with van der Waals surface area (Å²) in [6, 6.07) is 8.23. The molecular formula is C19H20N4O5S2. The van der Waals surface area contributed by atoms with E-state index in [2.05, 4.69) is 14.9 Å². The average molecular weight is 449 g/mol. The number of thiophene rings is 1. The van der Waals surface area contributed by atoms with Crippen LogP contribution in [0.3, 0.4) is 0 Å². The van der Waals surface area contributed by atoms with Gasteiger partial charge in [0.05, 0.1) is 17.7 Å². The molecule has 0 bridgehead atoms. The number of carbonyl (C=O) groups is 1. The molecule has 1 fully saturated rings. The standard InChI is InChI=1S/C19H20N4O5S2/c1-12-16(30(25,26)22-13-7-3-4-8-14(13)27-2)11-15(29-12)17-20-18(28-21-17)19(24)23-9-5-6-10-23/h3-4,7-8,11,22H,5-6,9-10H2,1-2H3. The quantitative estimate of drug-likeness (QED) is 0.616. The molecule has 2 aromatic heterocycles.